The highest BCUT2D eigenvalue weighted by atomic mass is 19.4. The second-order valence-electron chi connectivity index (χ2n) is 5.31. The lowest BCUT2D eigenvalue weighted by Crippen LogP contribution is -2.32. The summed E-state index contributed by atoms with van der Waals surface area (Å²) in [4.78, 5) is 0. The van der Waals surface area contributed by atoms with Crippen molar-refractivity contribution in [2.24, 2.45) is 5.92 Å². The third kappa shape index (κ3) is 4.25. The molecule has 0 heterocycles. The summed E-state index contributed by atoms with van der Waals surface area (Å²) in [6, 6.07) is 4.49. The number of nitrogens with one attached hydrogen (secondary N) is 1. The molecule has 0 bridgehead atoms. The van der Waals surface area contributed by atoms with Crippen LogP contribution in [-0.4, -0.2) is 18.8 Å². The highest BCUT2D eigenvalue weighted by Crippen LogP contribution is 2.38. The van der Waals surface area contributed by atoms with Gasteiger partial charge in [0.05, 0.1) is 12.5 Å². The van der Waals surface area contributed by atoms with Crippen molar-refractivity contribution in [2.45, 2.75) is 44.8 Å². The van der Waals surface area contributed by atoms with Gasteiger partial charge in [0.15, 0.2) is 11.6 Å². The number of benzene rings is 1. The van der Waals surface area contributed by atoms with Gasteiger partial charge in [-0.15, -0.1) is 0 Å². The Balaban J connectivity index is 1.90. The number of ether oxygens (including phenoxy) is 1. The van der Waals surface area contributed by atoms with Crippen molar-refractivity contribution in [3.05, 3.63) is 24.0 Å². The van der Waals surface area contributed by atoms with Crippen LogP contribution >= 0.6 is 0 Å². The van der Waals surface area contributed by atoms with Gasteiger partial charge in [-0.25, -0.2) is 4.39 Å². The van der Waals surface area contributed by atoms with Crippen LogP contribution in [0.5, 0.6) is 5.75 Å². The summed E-state index contributed by atoms with van der Waals surface area (Å²) in [6.07, 6.45) is -2.96. The van der Waals surface area contributed by atoms with Gasteiger partial charge >= 0.3 is 6.18 Å². The van der Waals surface area contributed by atoms with Gasteiger partial charge in [-0.2, -0.15) is 13.2 Å². The summed E-state index contributed by atoms with van der Waals surface area (Å²) < 4.78 is 56.5. The van der Waals surface area contributed by atoms with Gasteiger partial charge in [-0.3, -0.25) is 0 Å². The normalized spacial score (nSPS) is 22.9. The molecule has 1 saturated carbocycles. The van der Waals surface area contributed by atoms with Crippen molar-refractivity contribution in [1.82, 2.24) is 0 Å². The van der Waals surface area contributed by atoms with Gasteiger partial charge in [-0.05, 0) is 44.7 Å². The summed E-state index contributed by atoms with van der Waals surface area (Å²) in [7, 11) is 0. The minimum Gasteiger partial charge on any atom is -0.491 e. The highest BCUT2D eigenvalue weighted by Gasteiger charge is 2.41. The molecule has 0 amide bonds. The number of hydrogen-bond acceptors (Lipinski definition) is 2. The van der Waals surface area contributed by atoms with Crippen LogP contribution in [0.15, 0.2) is 18.2 Å². The molecule has 1 aromatic rings. The first-order valence-corrected chi connectivity index (χ1v) is 7.15. The van der Waals surface area contributed by atoms with E-state index in [-0.39, 0.29) is 24.6 Å². The second kappa shape index (κ2) is 6.54. The summed E-state index contributed by atoms with van der Waals surface area (Å²) in [5, 5.41) is 3.10. The average molecular weight is 305 g/mol. The van der Waals surface area contributed by atoms with E-state index in [1.807, 2.05) is 0 Å². The molecule has 0 saturated heterocycles. The zero-order valence-electron chi connectivity index (χ0n) is 11.8. The molecule has 21 heavy (non-hydrogen) atoms. The largest absolute Gasteiger partial charge is 0.491 e. The van der Waals surface area contributed by atoms with Crippen LogP contribution in [0.3, 0.4) is 0 Å². The van der Waals surface area contributed by atoms with E-state index in [0.717, 1.165) is 0 Å². The van der Waals surface area contributed by atoms with Crippen LogP contribution in [0.4, 0.5) is 23.2 Å². The van der Waals surface area contributed by atoms with Crippen molar-refractivity contribution in [3.63, 3.8) is 0 Å². The molecule has 2 rings (SSSR count). The lowest BCUT2D eigenvalue weighted by Gasteiger charge is -2.30. The standard InChI is InChI=1S/C15H19F4NO/c1-2-21-14-8-7-12(9-13(14)16)20-11-5-3-10(4-6-11)15(17,18)19/h7-11,20H,2-6H2,1H3. The minimum absolute atomic E-state index is 0.0408. The Morgan fingerprint density at radius 3 is 2.38 bits per heavy atom. The Hall–Kier alpha value is -1.46. The number of anilines is 1. The summed E-state index contributed by atoms with van der Waals surface area (Å²) in [6.45, 7) is 2.15. The first-order chi connectivity index (χ1) is 9.90. The highest BCUT2D eigenvalue weighted by molar-refractivity contribution is 5.48. The van der Waals surface area contributed by atoms with Gasteiger partial charge in [0.1, 0.15) is 0 Å². The van der Waals surface area contributed by atoms with E-state index in [1.165, 1.54) is 12.1 Å². The van der Waals surface area contributed by atoms with Gasteiger partial charge in [-0.1, -0.05) is 0 Å². The maximum absolute atomic E-state index is 13.7. The molecule has 1 aromatic carbocycles. The number of alkyl halides is 3. The van der Waals surface area contributed by atoms with Crippen LogP contribution in [-0.2, 0) is 0 Å². The predicted molar refractivity (Wildman–Crippen MR) is 73.0 cm³/mol. The summed E-state index contributed by atoms with van der Waals surface area (Å²) in [5.74, 6) is -1.48. The smallest absolute Gasteiger partial charge is 0.391 e. The molecular formula is C15H19F4NO. The van der Waals surface area contributed by atoms with Crippen LogP contribution in [0.25, 0.3) is 0 Å². The van der Waals surface area contributed by atoms with Crippen molar-refractivity contribution in [1.29, 1.82) is 0 Å². The lowest BCUT2D eigenvalue weighted by molar-refractivity contribution is -0.182. The fourth-order valence-electron chi connectivity index (χ4n) is 2.66. The van der Waals surface area contributed by atoms with Crippen molar-refractivity contribution < 1.29 is 22.3 Å². The van der Waals surface area contributed by atoms with Gasteiger partial charge in [0, 0.05) is 17.8 Å². The second-order valence-corrected chi connectivity index (χ2v) is 5.31. The van der Waals surface area contributed by atoms with E-state index in [4.69, 9.17) is 4.74 Å². The Bertz CT molecular complexity index is 467. The van der Waals surface area contributed by atoms with Crippen LogP contribution in [0.1, 0.15) is 32.6 Å². The fraction of sp³-hybridized carbons (Fsp3) is 0.600. The molecule has 1 aliphatic carbocycles. The number of rotatable bonds is 4. The molecule has 1 fully saturated rings. The van der Waals surface area contributed by atoms with E-state index in [2.05, 4.69) is 5.32 Å². The Labute approximate surface area is 121 Å². The van der Waals surface area contributed by atoms with Gasteiger partial charge in [0.25, 0.3) is 0 Å². The van der Waals surface area contributed by atoms with E-state index in [9.17, 15) is 17.6 Å². The molecule has 0 spiro atoms. The Morgan fingerprint density at radius 1 is 1.19 bits per heavy atom. The number of hydrogen-bond donors (Lipinski definition) is 1. The zero-order valence-corrected chi connectivity index (χ0v) is 11.8. The summed E-state index contributed by atoms with van der Waals surface area (Å²) >= 11 is 0. The molecule has 1 aliphatic rings. The summed E-state index contributed by atoms with van der Waals surface area (Å²) in [5.41, 5.74) is 0.575. The van der Waals surface area contributed by atoms with E-state index in [1.54, 1.807) is 13.0 Å². The maximum atomic E-state index is 13.7. The van der Waals surface area contributed by atoms with Gasteiger partial charge < -0.3 is 10.1 Å². The lowest BCUT2D eigenvalue weighted by atomic mass is 9.85. The molecule has 0 aliphatic heterocycles. The molecule has 0 atom stereocenters. The predicted octanol–water partition coefficient (Wildman–Crippen LogP) is 4.76. The molecule has 6 heteroatoms. The zero-order chi connectivity index (χ0) is 15.5. The molecule has 118 valence electrons. The fourth-order valence-corrected chi connectivity index (χ4v) is 2.66. The van der Waals surface area contributed by atoms with E-state index in [0.29, 0.717) is 25.1 Å². The molecule has 2 nitrogen and oxygen atoms in total. The van der Waals surface area contributed by atoms with Crippen molar-refractivity contribution >= 4 is 5.69 Å². The van der Waals surface area contributed by atoms with Crippen LogP contribution in [0, 0.1) is 11.7 Å². The quantitative estimate of drug-likeness (QED) is 0.810. The first-order valence-electron chi connectivity index (χ1n) is 7.15. The van der Waals surface area contributed by atoms with E-state index >= 15 is 0 Å². The Kier molecular flexibility index (Phi) is 4.96. The molecule has 1 N–H and O–H groups in total. The maximum Gasteiger partial charge on any atom is 0.391 e. The van der Waals surface area contributed by atoms with Crippen molar-refractivity contribution in [3.8, 4) is 5.75 Å². The molecule has 0 unspecified atom stereocenters. The third-order valence-corrected chi connectivity index (χ3v) is 3.79. The van der Waals surface area contributed by atoms with Crippen molar-refractivity contribution in [2.75, 3.05) is 11.9 Å². The third-order valence-electron chi connectivity index (χ3n) is 3.79. The molecule has 0 radical (unpaired) electrons. The average Bonchev–Trinajstić information content (AvgIpc) is 2.42. The monoisotopic (exact) mass is 305 g/mol. The van der Waals surface area contributed by atoms with Gasteiger partial charge in [0.2, 0.25) is 0 Å². The SMILES string of the molecule is CCOc1ccc(NC2CCC(C(F)(F)F)CC2)cc1F. The van der Waals surface area contributed by atoms with Crippen LogP contribution in [0.2, 0.25) is 0 Å². The topological polar surface area (TPSA) is 21.3 Å². The van der Waals surface area contributed by atoms with Crippen LogP contribution < -0.4 is 10.1 Å². The molecular weight excluding hydrogens is 286 g/mol. The Morgan fingerprint density at radius 2 is 1.86 bits per heavy atom. The van der Waals surface area contributed by atoms with E-state index < -0.39 is 17.9 Å². The first kappa shape index (κ1) is 15.9. The molecule has 0 aromatic heterocycles. The minimum atomic E-state index is -4.10. The number of halogens is 4.